The van der Waals surface area contributed by atoms with Crippen molar-refractivity contribution < 1.29 is 0 Å². The minimum absolute atomic E-state index is 0.463. The predicted molar refractivity (Wildman–Crippen MR) is 55.2 cm³/mol. The molecule has 0 N–H and O–H groups in total. The van der Waals surface area contributed by atoms with Gasteiger partial charge in [0.05, 0.1) is 9.21 Å². The van der Waals surface area contributed by atoms with Crippen LogP contribution in [0.5, 0.6) is 0 Å². The van der Waals surface area contributed by atoms with Gasteiger partial charge in [0.2, 0.25) is 0 Å². The van der Waals surface area contributed by atoms with Crippen LogP contribution in [0.2, 0.25) is 4.34 Å². The third-order valence-electron chi connectivity index (χ3n) is 1.40. The quantitative estimate of drug-likeness (QED) is 0.747. The first-order valence-electron chi connectivity index (χ1n) is 3.41. The molecule has 2 nitrogen and oxygen atoms in total. The Hall–Kier alpha value is -0.890. The molecule has 0 spiro atoms. The van der Waals surface area contributed by atoms with Gasteiger partial charge in [0.1, 0.15) is 11.1 Å². The summed E-state index contributed by atoms with van der Waals surface area (Å²) in [6, 6.07) is 5.73. The lowest BCUT2D eigenvalue weighted by molar-refractivity contribution is 1.34. The number of thiazole rings is 1. The number of thiophene rings is 1. The van der Waals surface area contributed by atoms with E-state index in [1.807, 2.05) is 18.2 Å². The number of halogens is 1. The molecule has 2 aromatic rings. The molecule has 2 aromatic heterocycles. The second-order valence-electron chi connectivity index (χ2n) is 2.25. The van der Waals surface area contributed by atoms with Gasteiger partial charge in [-0.25, -0.2) is 4.98 Å². The predicted octanol–water partition coefficient (Wildman–Crippen LogP) is 3.40. The van der Waals surface area contributed by atoms with Crippen LogP contribution in [0.25, 0.3) is 9.88 Å². The smallest absolute Gasteiger partial charge is 0.152 e. The van der Waals surface area contributed by atoms with Crippen molar-refractivity contribution in [2.75, 3.05) is 0 Å². The van der Waals surface area contributed by atoms with Gasteiger partial charge in [-0.1, -0.05) is 11.6 Å². The highest BCUT2D eigenvalue weighted by atomic mass is 35.5. The Balaban J connectivity index is 2.42. The van der Waals surface area contributed by atoms with Gasteiger partial charge in [-0.2, -0.15) is 5.26 Å². The van der Waals surface area contributed by atoms with Crippen LogP contribution >= 0.6 is 34.3 Å². The van der Waals surface area contributed by atoms with E-state index in [9.17, 15) is 0 Å². The van der Waals surface area contributed by atoms with Gasteiger partial charge in [0.25, 0.3) is 0 Å². The highest BCUT2D eigenvalue weighted by Gasteiger charge is 2.06. The van der Waals surface area contributed by atoms with Gasteiger partial charge >= 0.3 is 0 Å². The maximum Gasteiger partial charge on any atom is 0.152 e. The molecule has 2 rings (SSSR count). The van der Waals surface area contributed by atoms with Gasteiger partial charge in [0.15, 0.2) is 5.69 Å². The summed E-state index contributed by atoms with van der Waals surface area (Å²) in [4.78, 5) is 5.13. The van der Waals surface area contributed by atoms with Crippen LogP contribution in [0, 0.1) is 11.3 Å². The van der Waals surface area contributed by atoms with Crippen LogP contribution < -0.4 is 0 Å². The fourth-order valence-electron chi connectivity index (χ4n) is 0.867. The zero-order valence-corrected chi connectivity index (χ0v) is 8.71. The van der Waals surface area contributed by atoms with Crippen molar-refractivity contribution in [2.45, 2.75) is 0 Å². The summed E-state index contributed by atoms with van der Waals surface area (Å²) in [5, 5.41) is 11.2. The van der Waals surface area contributed by atoms with E-state index < -0.39 is 0 Å². The largest absolute Gasteiger partial charge is 0.224 e. The van der Waals surface area contributed by atoms with Crippen LogP contribution in [-0.4, -0.2) is 4.98 Å². The number of nitrogens with zero attached hydrogens (tertiary/aromatic N) is 2. The second kappa shape index (κ2) is 3.46. The van der Waals surface area contributed by atoms with Crippen molar-refractivity contribution in [3.63, 3.8) is 0 Å². The average Bonchev–Trinajstić information content (AvgIpc) is 2.71. The minimum atomic E-state index is 0.463. The van der Waals surface area contributed by atoms with Crippen LogP contribution in [0.3, 0.4) is 0 Å². The molecule has 0 aromatic carbocycles. The number of rotatable bonds is 1. The van der Waals surface area contributed by atoms with E-state index in [0.29, 0.717) is 5.69 Å². The lowest BCUT2D eigenvalue weighted by atomic mass is 10.5. The standard InChI is InChI=1S/C8H3ClN2S2/c9-7-2-1-6(13-7)8-11-5(3-10)4-12-8/h1-2,4H. The molecule has 0 unspecified atom stereocenters. The molecule has 2 heterocycles. The average molecular weight is 227 g/mol. The molecule has 0 aliphatic carbocycles. The van der Waals surface area contributed by atoms with E-state index in [4.69, 9.17) is 16.9 Å². The van der Waals surface area contributed by atoms with E-state index >= 15 is 0 Å². The molecule has 0 amide bonds. The van der Waals surface area contributed by atoms with Crippen LogP contribution in [0.1, 0.15) is 5.69 Å². The summed E-state index contributed by atoms with van der Waals surface area (Å²) in [7, 11) is 0. The summed E-state index contributed by atoms with van der Waals surface area (Å²) in [6.45, 7) is 0. The third kappa shape index (κ3) is 1.73. The fourth-order valence-corrected chi connectivity index (χ4v) is 2.73. The summed E-state index contributed by atoms with van der Waals surface area (Å²) in [6.07, 6.45) is 0. The van der Waals surface area contributed by atoms with Crippen LogP contribution in [0.15, 0.2) is 17.5 Å². The Morgan fingerprint density at radius 2 is 2.31 bits per heavy atom. The van der Waals surface area contributed by atoms with Gasteiger partial charge in [0, 0.05) is 5.38 Å². The number of hydrogen-bond acceptors (Lipinski definition) is 4. The van der Waals surface area contributed by atoms with Gasteiger partial charge in [-0.05, 0) is 12.1 Å². The van der Waals surface area contributed by atoms with Crippen molar-refractivity contribution >= 4 is 34.3 Å². The molecular formula is C8H3ClN2S2. The van der Waals surface area contributed by atoms with E-state index in [2.05, 4.69) is 4.98 Å². The van der Waals surface area contributed by atoms with Crippen molar-refractivity contribution in [3.8, 4) is 16.0 Å². The molecule has 0 atom stereocenters. The normalized spacial score (nSPS) is 9.85. The molecule has 0 radical (unpaired) electrons. The first-order chi connectivity index (χ1) is 6.29. The van der Waals surface area contributed by atoms with Crippen LogP contribution in [-0.2, 0) is 0 Å². The van der Waals surface area contributed by atoms with E-state index in [1.165, 1.54) is 22.7 Å². The molecular weight excluding hydrogens is 224 g/mol. The van der Waals surface area contributed by atoms with Gasteiger partial charge < -0.3 is 0 Å². The maximum absolute atomic E-state index is 8.57. The lowest BCUT2D eigenvalue weighted by Gasteiger charge is -1.84. The molecule has 0 aliphatic rings. The molecule has 0 saturated carbocycles. The number of nitriles is 1. The molecule has 0 aliphatic heterocycles. The van der Waals surface area contributed by atoms with Crippen molar-refractivity contribution in [3.05, 3.63) is 27.5 Å². The van der Waals surface area contributed by atoms with Gasteiger partial charge in [-0.3, -0.25) is 0 Å². The zero-order valence-electron chi connectivity index (χ0n) is 6.32. The van der Waals surface area contributed by atoms with E-state index in [0.717, 1.165) is 14.2 Å². The van der Waals surface area contributed by atoms with E-state index in [1.54, 1.807) is 5.38 Å². The minimum Gasteiger partial charge on any atom is -0.224 e. The summed E-state index contributed by atoms with van der Waals surface area (Å²) < 4.78 is 0.740. The summed E-state index contributed by atoms with van der Waals surface area (Å²) in [5.41, 5.74) is 0.463. The zero-order chi connectivity index (χ0) is 9.26. The third-order valence-corrected chi connectivity index (χ3v) is 3.65. The maximum atomic E-state index is 8.57. The first kappa shape index (κ1) is 8.70. The Labute approximate surface area is 88.0 Å². The topological polar surface area (TPSA) is 36.7 Å². The number of hydrogen-bond donors (Lipinski definition) is 0. The second-order valence-corrected chi connectivity index (χ2v) is 4.83. The van der Waals surface area contributed by atoms with E-state index in [-0.39, 0.29) is 0 Å². The highest BCUT2D eigenvalue weighted by molar-refractivity contribution is 7.23. The Kier molecular flexibility index (Phi) is 2.32. The summed E-state index contributed by atoms with van der Waals surface area (Å²) in [5.74, 6) is 0. The first-order valence-corrected chi connectivity index (χ1v) is 5.48. The monoisotopic (exact) mass is 226 g/mol. The molecule has 0 bridgehead atoms. The fraction of sp³-hybridized carbons (Fsp3) is 0. The van der Waals surface area contributed by atoms with Crippen molar-refractivity contribution in [1.82, 2.24) is 4.98 Å². The molecule has 0 saturated heterocycles. The molecule has 13 heavy (non-hydrogen) atoms. The lowest BCUT2D eigenvalue weighted by Crippen LogP contribution is -1.71. The highest BCUT2D eigenvalue weighted by Crippen LogP contribution is 2.32. The summed E-state index contributed by atoms with van der Waals surface area (Å²) >= 11 is 8.71. The van der Waals surface area contributed by atoms with Crippen molar-refractivity contribution in [1.29, 1.82) is 5.26 Å². The molecule has 5 heteroatoms. The van der Waals surface area contributed by atoms with Gasteiger partial charge in [-0.15, -0.1) is 22.7 Å². The Morgan fingerprint density at radius 1 is 1.46 bits per heavy atom. The number of aromatic nitrogens is 1. The Bertz CT molecular complexity index is 466. The van der Waals surface area contributed by atoms with Crippen LogP contribution in [0.4, 0.5) is 0 Å². The molecule has 0 fully saturated rings. The molecule has 64 valence electrons. The van der Waals surface area contributed by atoms with Crippen molar-refractivity contribution in [2.24, 2.45) is 0 Å². The SMILES string of the molecule is N#Cc1csc(-c2ccc(Cl)s2)n1. The Morgan fingerprint density at radius 3 is 2.85 bits per heavy atom.